The fourth-order valence-corrected chi connectivity index (χ4v) is 3.14. The maximum atomic E-state index is 11.2. The molecular weight excluding hydrogens is 422 g/mol. The molecule has 0 unspecified atom stereocenters. The number of aromatic nitrogens is 3. The van der Waals surface area contributed by atoms with Crippen LogP contribution in [0.3, 0.4) is 0 Å². The first kappa shape index (κ1) is 18.6. The average molecular weight is 440 g/mol. The topological polar surface area (TPSA) is 95.4 Å². The SMILES string of the molecule is CN(Cc1ccc(Br)o1)Cn1nc(-c2ccco2)n(CCC(N)=O)c1=S. The Bertz CT molecular complexity index is 944. The molecule has 0 aliphatic heterocycles. The van der Waals surface area contributed by atoms with Gasteiger partial charge in [-0.05, 0) is 59.5 Å². The molecular formula is C16H18BrN5O3S. The van der Waals surface area contributed by atoms with E-state index in [1.165, 1.54) is 0 Å². The van der Waals surface area contributed by atoms with Gasteiger partial charge in [0.2, 0.25) is 5.91 Å². The van der Waals surface area contributed by atoms with E-state index in [2.05, 4.69) is 21.0 Å². The molecule has 0 saturated carbocycles. The van der Waals surface area contributed by atoms with Gasteiger partial charge in [0.15, 0.2) is 21.0 Å². The minimum atomic E-state index is -0.398. The van der Waals surface area contributed by atoms with E-state index in [1.54, 1.807) is 27.6 Å². The zero-order valence-electron chi connectivity index (χ0n) is 14.1. The van der Waals surface area contributed by atoms with Crippen LogP contribution in [0.2, 0.25) is 0 Å². The quantitative estimate of drug-likeness (QED) is 0.541. The number of nitrogens with zero attached hydrogens (tertiary/aromatic N) is 4. The van der Waals surface area contributed by atoms with Crippen LogP contribution >= 0.6 is 28.1 Å². The lowest BCUT2D eigenvalue weighted by Gasteiger charge is -2.14. The summed E-state index contributed by atoms with van der Waals surface area (Å²) in [7, 11) is 1.94. The van der Waals surface area contributed by atoms with Crippen LogP contribution in [0.4, 0.5) is 0 Å². The number of carbonyl (C=O) groups is 1. The predicted molar refractivity (Wildman–Crippen MR) is 100 cm³/mol. The lowest BCUT2D eigenvalue weighted by atomic mass is 10.3. The van der Waals surface area contributed by atoms with Crippen LogP contribution in [-0.4, -0.2) is 32.2 Å². The Balaban J connectivity index is 1.83. The third kappa shape index (κ3) is 4.32. The number of rotatable bonds is 8. The summed E-state index contributed by atoms with van der Waals surface area (Å²) in [6.45, 7) is 1.39. The third-order valence-electron chi connectivity index (χ3n) is 3.68. The lowest BCUT2D eigenvalue weighted by Crippen LogP contribution is -2.22. The number of primary amides is 1. The van der Waals surface area contributed by atoms with E-state index in [-0.39, 0.29) is 6.42 Å². The lowest BCUT2D eigenvalue weighted by molar-refractivity contribution is -0.118. The maximum absolute atomic E-state index is 11.2. The molecule has 0 fully saturated rings. The van der Waals surface area contributed by atoms with Crippen molar-refractivity contribution in [3.05, 3.63) is 45.7 Å². The fourth-order valence-electron chi connectivity index (χ4n) is 2.53. The Labute approximate surface area is 163 Å². The van der Waals surface area contributed by atoms with E-state index >= 15 is 0 Å². The van der Waals surface area contributed by atoms with Gasteiger partial charge in [-0.1, -0.05) is 0 Å². The van der Waals surface area contributed by atoms with Crippen molar-refractivity contribution in [2.24, 2.45) is 5.73 Å². The molecule has 3 heterocycles. The van der Waals surface area contributed by atoms with E-state index < -0.39 is 5.91 Å². The molecule has 0 bridgehead atoms. The summed E-state index contributed by atoms with van der Waals surface area (Å²) in [6.07, 6.45) is 1.74. The van der Waals surface area contributed by atoms with Crippen LogP contribution in [0.5, 0.6) is 0 Å². The van der Waals surface area contributed by atoms with Crippen molar-refractivity contribution in [3.8, 4) is 11.6 Å². The van der Waals surface area contributed by atoms with Gasteiger partial charge in [0, 0.05) is 13.0 Å². The van der Waals surface area contributed by atoms with Crippen LogP contribution in [-0.2, 0) is 24.6 Å². The molecule has 138 valence electrons. The summed E-state index contributed by atoms with van der Waals surface area (Å²) in [4.78, 5) is 13.2. The van der Waals surface area contributed by atoms with Crippen molar-refractivity contribution < 1.29 is 13.6 Å². The minimum Gasteiger partial charge on any atom is -0.461 e. The molecule has 3 aromatic rings. The molecule has 3 rings (SSSR count). The Morgan fingerprint density at radius 3 is 2.85 bits per heavy atom. The second kappa shape index (κ2) is 8.02. The van der Waals surface area contributed by atoms with Crippen LogP contribution < -0.4 is 5.73 Å². The van der Waals surface area contributed by atoms with E-state index in [1.807, 2.05) is 24.1 Å². The molecule has 0 aliphatic rings. The van der Waals surface area contributed by atoms with Crippen LogP contribution in [0.15, 0.2) is 44.0 Å². The fraction of sp³-hybridized carbons (Fsp3) is 0.312. The highest BCUT2D eigenvalue weighted by Crippen LogP contribution is 2.20. The highest BCUT2D eigenvalue weighted by molar-refractivity contribution is 9.10. The summed E-state index contributed by atoms with van der Waals surface area (Å²) in [5.74, 6) is 1.57. The monoisotopic (exact) mass is 439 g/mol. The second-order valence-corrected chi connectivity index (χ2v) is 6.96. The number of carbonyl (C=O) groups excluding carboxylic acids is 1. The zero-order chi connectivity index (χ0) is 18.7. The standard InChI is InChI=1S/C16H18BrN5O3S/c1-20(9-11-4-5-13(17)25-11)10-22-16(26)21(7-6-14(18)23)15(19-22)12-3-2-8-24-12/h2-5,8H,6-7,9-10H2,1H3,(H2,18,23). The van der Waals surface area contributed by atoms with Crippen molar-refractivity contribution >= 4 is 34.1 Å². The zero-order valence-corrected chi connectivity index (χ0v) is 16.5. The summed E-state index contributed by atoms with van der Waals surface area (Å²) in [6, 6.07) is 7.32. The minimum absolute atomic E-state index is 0.171. The Kier molecular flexibility index (Phi) is 5.74. The van der Waals surface area contributed by atoms with Gasteiger partial charge in [-0.15, -0.1) is 5.10 Å². The molecule has 10 heteroatoms. The summed E-state index contributed by atoms with van der Waals surface area (Å²) < 4.78 is 15.6. The van der Waals surface area contributed by atoms with Gasteiger partial charge in [-0.3, -0.25) is 14.3 Å². The van der Waals surface area contributed by atoms with Crippen molar-refractivity contribution in [1.29, 1.82) is 0 Å². The van der Waals surface area contributed by atoms with Crippen LogP contribution in [0.25, 0.3) is 11.6 Å². The first-order valence-electron chi connectivity index (χ1n) is 7.86. The molecule has 1 amide bonds. The maximum Gasteiger partial charge on any atom is 0.219 e. The molecule has 3 aromatic heterocycles. The number of hydrogen-bond acceptors (Lipinski definition) is 6. The average Bonchev–Trinajstić information content (AvgIpc) is 3.29. The van der Waals surface area contributed by atoms with Crippen molar-refractivity contribution in [3.63, 3.8) is 0 Å². The van der Waals surface area contributed by atoms with Gasteiger partial charge in [0.25, 0.3) is 0 Å². The van der Waals surface area contributed by atoms with Gasteiger partial charge in [-0.2, -0.15) is 0 Å². The smallest absolute Gasteiger partial charge is 0.219 e. The van der Waals surface area contributed by atoms with Gasteiger partial charge in [0.05, 0.1) is 19.5 Å². The molecule has 0 aromatic carbocycles. The first-order valence-corrected chi connectivity index (χ1v) is 9.06. The largest absolute Gasteiger partial charge is 0.461 e. The van der Waals surface area contributed by atoms with E-state index in [4.69, 9.17) is 26.8 Å². The van der Waals surface area contributed by atoms with Crippen molar-refractivity contribution in [2.45, 2.75) is 26.2 Å². The van der Waals surface area contributed by atoms with E-state index in [9.17, 15) is 4.79 Å². The molecule has 2 N–H and O–H groups in total. The molecule has 0 spiro atoms. The Morgan fingerprint density at radius 1 is 1.42 bits per heavy atom. The van der Waals surface area contributed by atoms with Crippen LogP contribution in [0.1, 0.15) is 12.2 Å². The number of nitrogens with two attached hydrogens (primary N) is 1. The highest BCUT2D eigenvalue weighted by atomic mass is 79.9. The second-order valence-electron chi connectivity index (χ2n) is 5.81. The van der Waals surface area contributed by atoms with Gasteiger partial charge < -0.3 is 14.6 Å². The summed E-state index contributed by atoms with van der Waals surface area (Å²) in [5, 5.41) is 4.57. The van der Waals surface area contributed by atoms with Gasteiger partial charge in [-0.25, -0.2) is 4.68 Å². The number of hydrogen-bond donors (Lipinski definition) is 1. The molecule has 26 heavy (non-hydrogen) atoms. The molecule has 0 aliphatic carbocycles. The molecule has 0 radical (unpaired) electrons. The number of furan rings is 2. The Morgan fingerprint density at radius 2 is 2.23 bits per heavy atom. The van der Waals surface area contributed by atoms with Gasteiger partial charge in [0.1, 0.15) is 5.76 Å². The molecule has 8 nitrogen and oxygen atoms in total. The summed E-state index contributed by atoms with van der Waals surface area (Å²) >= 11 is 8.83. The van der Waals surface area contributed by atoms with E-state index in [0.717, 1.165) is 5.76 Å². The summed E-state index contributed by atoms with van der Waals surface area (Å²) in [5.41, 5.74) is 5.28. The number of amides is 1. The number of halogens is 1. The van der Waals surface area contributed by atoms with E-state index in [0.29, 0.717) is 40.8 Å². The Hall–Kier alpha value is -2.17. The molecule has 0 atom stereocenters. The third-order valence-corrected chi connectivity index (χ3v) is 4.53. The normalized spacial score (nSPS) is 11.3. The highest BCUT2D eigenvalue weighted by Gasteiger charge is 2.16. The van der Waals surface area contributed by atoms with Crippen molar-refractivity contribution in [2.75, 3.05) is 7.05 Å². The van der Waals surface area contributed by atoms with Crippen LogP contribution in [0, 0.1) is 4.77 Å². The first-order chi connectivity index (χ1) is 12.4. The van der Waals surface area contributed by atoms with Gasteiger partial charge >= 0.3 is 0 Å². The predicted octanol–water partition coefficient (Wildman–Crippen LogP) is 2.99. The molecule has 0 saturated heterocycles. The van der Waals surface area contributed by atoms with Crippen molar-refractivity contribution in [1.82, 2.24) is 19.2 Å².